The van der Waals surface area contributed by atoms with Crippen molar-refractivity contribution >= 4 is 17.7 Å². The Kier molecular flexibility index (Phi) is 4.83. The molecule has 0 aliphatic carbocycles. The van der Waals surface area contributed by atoms with E-state index in [0.717, 1.165) is 18.5 Å². The topological polar surface area (TPSA) is 60.9 Å². The van der Waals surface area contributed by atoms with Crippen LogP contribution in [0.2, 0.25) is 0 Å². The van der Waals surface area contributed by atoms with Crippen LogP contribution in [0, 0.1) is 5.92 Å². The van der Waals surface area contributed by atoms with Crippen LogP contribution in [-0.4, -0.2) is 41.6 Å². The fourth-order valence-corrected chi connectivity index (χ4v) is 2.83. The molecule has 0 aromatic heterocycles. The first-order valence-electron chi connectivity index (χ1n) is 7.36. The minimum Gasteiger partial charge on any atom is -0.480 e. The predicted octanol–water partition coefficient (Wildman–Crippen LogP) is 2.82. The quantitative estimate of drug-likeness (QED) is 0.931. The van der Waals surface area contributed by atoms with Crippen molar-refractivity contribution < 1.29 is 14.7 Å². The van der Waals surface area contributed by atoms with Crippen molar-refractivity contribution in [1.82, 2.24) is 4.90 Å². The van der Waals surface area contributed by atoms with E-state index in [2.05, 4.69) is 6.92 Å². The number of carbonyl (C=O) groups excluding carboxylic acids is 1. The Balaban J connectivity index is 2.15. The number of nitrogens with zero attached hydrogens (tertiary/aromatic N) is 2. The first kappa shape index (κ1) is 15.4. The molecule has 1 aliphatic rings. The summed E-state index contributed by atoms with van der Waals surface area (Å²) in [7, 11) is 1.68. The van der Waals surface area contributed by atoms with Crippen molar-refractivity contribution in [2.24, 2.45) is 5.92 Å². The molecular weight excluding hydrogens is 268 g/mol. The number of hydrogen-bond donors (Lipinski definition) is 1. The molecule has 1 aromatic carbocycles. The Morgan fingerprint density at radius 1 is 1.33 bits per heavy atom. The van der Waals surface area contributed by atoms with E-state index < -0.39 is 12.0 Å². The maximum Gasteiger partial charge on any atom is 0.326 e. The van der Waals surface area contributed by atoms with Gasteiger partial charge in [0.15, 0.2) is 0 Å². The van der Waals surface area contributed by atoms with E-state index in [9.17, 15) is 14.7 Å². The van der Waals surface area contributed by atoms with E-state index in [1.54, 1.807) is 7.05 Å². The highest BCUT2D eigenvalue weighted by atomic mass is 16.4. The van der Waals surface area contributed by atoms with Crippen molar-refractivity contribution in [3.05, 3.63) is 30.3 Å². The first-order valence-corrected chi connectivity index (χ1v) is 7.36. The highest BCUT2D eigenvalue weighted by Crippen LogP contribution is 2.27. The Labute approximate surface area is 125 Å². The lowest BCUT2D eigenvalue weighted by Crippen LogP contribution is -2.54. The number of amides is 2. The zero-order valence-corrected chi connectivity index (χ0v) is 12.5. The molecule has 0 spiro atoms. The average molecular weight is 290 g/mol. The van der Waals surface area contributed by atoms with Crippen molar-refractivity contribution in [3.63, 3.8) is 0 Å². The minimum atomic E-state index is -0.914. The Morgan fingerprint density at radius 3 is 2.57 bits per heavy atom. The molecule has 2 atom stereocenters. The summed E-state index contributed by atoms with van der Waals surface area (Å²) >= 11 is 0. The monoisotopic (exact) mass is 290 g/mol. The van der Waals surface area contributed by atoms with E-state index >= 15 is 0 Å². The van der Waals surface area contributed by atoms with Gasteiger partial charge in [-0.05, 0) is 30.9 Å². The molecule has 114 valence electrons. The van der Waals surface area contributed by atoms with E-state index in [1.807, 2.05) is 30.3 Å². The standard InChI is InChI=1S/C16H22N2O3/c1-3-12-9-10-18(14(11-12)15(19)20)16(21)17(2)13-7-5-4-6-8-13/h4-8,12,14H,3,9-11H2,1-2H3,(H,19,20). The van der Waals surface area contributed by atoms with Gasteiger partial charge in [0.1, 0.15) is 6.04 Å². The second-order valence-corrected chi connectivity index (χ2v) is 5.52. The van der Waals surface area contributed by atoms with E-state index in [0.29, 0.717) is 18.9 Å². The van der Waals surface area contributed by atoms with Crippen molar-refractivity contribution in [2.45, 2.75) is 32.2 Å². The largest absolute Gasteiger partial charge is 0.480 e. The minimum absolute atomic E-state index is 0.247. The number of urea groups is 1. The van der Waals surface area contributed by atoms with E-state index in [4.69, 9.17) is 0 Å². The lowest BCUT2D eigenvalue weighted by Gasteiger charge is -2.38. The van der Waals surface area contributed by atoms with E-state index in [1.165, 1.54) is 9.80 Å². The molecule has 1 fully saturated rings. The van der Waals surface area contributed by atoms with Gasteiger partial charge in [0.25, 0.3) is 0 Å². The molecule has 1 N–H and O–H groups in total. The summed E-state index contributed by atoms with van der Waals surface area (Å²) in [6, 6.07) is 8.31. The van der Waals surface area contributed by atoms with Gasteiger partial charge in [0.2, 0.25) is 0 Å². The van der Waals surface area contributed by atoms with Gasteiger partial charge < -0.3 is 10.0 Å². The maximum atomic E-state index is 12.6. The molecule has 1 heterocycles. The molecule has 2 amide bonds. The van der Waals surface area contributed by atoms with Gasteiger partial charge in [-0.15, -0.1) is 0 Å². The molecule has 21 heavy (non-hydrogen) atoms. The van der Waals surface area contributed by atoms with Crippen LogP contribution in [0.15, 0.2) is 30.3 Å². The number of hydrogen-bond acceptors (Lipinski definition) is 2. The molecule has 1 saturated heterocycles. The SMILES string of the molecule is CCC1CCN(C(=O)N(C)c2ccccc2)C(C(=O)O)C1. The molecule has 0 bridgehead atoms. The zero-order chi connectivity index (χ0) is 15.4. The normalized spacial score (nSPS) is 21.9. The lowest BCUT2D eigenvalue weighted by molar-refractivity contribution is -0.143. The summed E-state index contributed by atoms with van der Waals surface area (Å²) in [6.45, 7) is 2.57. The van der Waals surface area contributed by atoms with Gasteiger partial charge in [-0.2, -0.15) is 0 Å². The molecule has 0 radical (unpaired) electrons. The third-order valence-corrected chi connectivity index (χ3v) is 4.25. The number of anilines is 1. The first-order chi connectivity index (χ1) is 10.0. The van der Waals surface area contributed by atoms with Gasteiger partial charge in [0, 0.05) is 19.3 Å². The number of rotatable bonds is 3. The van der Waals surface area contributed by atoms with E-state index in [-0.39, 0.29) is 6.03 Å². The third kappa shape index (κ3) is 3.35. The average Bonchev–Trinajstić information content (AvgIpc) is 2.53. The molecule has 1 aromatic rings. The Bertz CT molecular complexity index is 504. The van der Waals surface area contributed by atoms with Crippen molar-refractivity contribution in [2.75, 3.05) is 18.5 Å². The fraction of sp³-hybridized carbons (Fsp3) is 0.500. The summed E-state index contributed by atoms with van der Waals surface area (Å²) in [5.74, 6) is -0.528. The number of para-hydroxylation sites is 1. The molecule has 5 nitrogen and oxygen atoms in total. The molecular formula is C16H22N2O3. The number of aliphatic carboxylic acids is 1. The number of carboxylic acid groups (broad SMARTS) is 1. The van der Waals surface area contributed by atoms with Crippen LogP contribution in [0.4, 0.5) is 10.5 Å². The second kappa shape index (κ2) is 6.61. The smallest absolute Gasteiger partial charge is 0.326 e. The summed E-state index contributed by atoms with van der Waals surface area (Å²) in [5.41, 5.74) is 0.768. The predicted molar refractivity (Wildman–Crippen MR) is 81.4 cm³/mol. The summed E-state index contributed by atoms with van der Waals surface area (Å²) in [5, 5.41) is 9.41. The van der Waals surface area contributed by atoms with Crippen molar-refractivity contribution in [1.29, 1.82) is 0 Å². The second-order valence-electron chi connectivity index (χ2n) is 5.52. The van der Waals surface area contributed by atoms with Gasteiger partial charge >= 0.3 is 12.0 Å². The maximum absolute atomic E-state index is 12.6. The van der Waals surface area contributed by atoms with Crippen LogP contribution in [0.25, 0.3) is 0 Å². The van der Waals surface area contributed by atoms with Crippen LogP contribution in [0.3, 0.4) is 0 Å². The van der Waals surface area contributed by atoms with Crippen LogP contribution in [0.5, 0.6) is 0 Å². The number of carbonyl (C=O) groups is 2. The van der Waals surface area contributed by atoms with Crippen molar-refractivity contribution in [3.8, 4) is 0 Å². The number of likely N-dealkylation sites (tertiary alicyclic amines) is 1. The number of benzene rings is 1. The van der Waals surface area contributed by atoms with Gasteiger partial charge in [-0.25, -0.2) is 9.59 Å². The van der Waals surface area contributed by atoms with Crippen LogP contribution in [-0.2, 0) is 4.79 Å². The summed E-state index contributed by atoms with van der Waals surface area (Å²) in [6.07, 6.45) is 2.37. The zero-order valence-electron chi connectivity index (χ0n) is 12.5. The summed E-state index contributed by atoms with van der Waals surface area (Å²) in [4.78, 5) is 27.1. The molecule has 2 unspecified atom stereocenters. The number of piperidine rings is 1. The summed E-state index contributed by atoms with van der Waals surface area (Å²) < 4.78 is 0. The molecule has 0 saturated carbocycles. The van der Waals surface area contributed by atoms with Gasteiger partial charge in [-0.3, -0.25) is 4.90 Å². The lowest BCUT2D eigenvalue weighted by atomic mass is 9.89. The number of carboxylic acids is 1. The Hall–Kier alpha value is -2.04. The molecule has 1 aliphatic heterocycles. The van der Waals surface area contributed by atoms with Crippen LogP contribution >= 0.6 is 0 Å². The highest BCUT2D eigenvalue weighted by Gasteiger charge is 2.36. The van der Waals surface area contributed by atoms with Crippen LogP contribution in [0.1, 0.15) is 26.2 Å². The molecule has 2 rings (SSSR count). The third-order valence-electron chi connectivity index (χ3n) is 4.25. The van der Waals surface area contributed by atoms with Crippen LogP contribution < -0.4 is 4.90 Å². The van der Waals surface area contributed by atoms with Gasteiger partial charge in [-0.1, -0.05) is 31.5 Å². The fourth-order valence-electron chi connectivity index (χ4n) is 2.83. The van der Waals surface area contributed by atoms with Gasteiger partial charge in [0.05, 0.1) is 0 Å². The Morgan fingerprint density at radius 2 is 2.00 bits per heavy atom. The highest BCUT2D eigenvalue weighted by molar-refractivity contribution is 5.94. The molecule has 5 heteroatoms.